The van der Waals surface area contributed by atoms with Crippen LogP contribution < -0.4 is 4.74 Å². The van der Waals surface area contributed by atoms with Gasteiger partial charge in [0.1, 0.15) is 11.4 Å². The first-order valence-electron chi connectivity index (χ1n) is 8.49. The van der Waals surface area contributed by atoms with Gasteiger partial charge in [-0.15, -0.1) is 0 Å². The van der Waals surface area contributed by atoms with E-state index in [9.17, 15) is 23.1 Å². The highest BCUT2D eigenvalue weighted by Gasteiger charge is 2.48. The van der Waals surface area contributed by atoms with Crippen molar-refractivity contribution in [2.75, 3.05) is 13.7 Å². The van der Waals surface area contributed by atoms with Gasteiger partial charge in [0.25, 0.3) is 5.91 Å². The van der Waals surface area contributed by atoms with Gasteiger partial charge >= 0.3 is 6.18 Å². The Morgan fingerprint density at radius 1 is 1.37 bits per heavy atom. The zero-order valence-corrected chi connectivity index (χ0v) is 14.9. The molecule has 1 aromatic carbocycles. The lowest BCUT2D eigenvalue weighted by Crippen LogP contribution is -2.49. The molecule has 9 heteroatoms. The Bertz CT molecular complexity index is 835. The van der Waals surface area contributed by atoms with Gasteiger partial charge in [0.15, 0.2) is 11.8 Å². The van der Waals surface area contributed by atoms with Crippen LogP contribution in [0.2, 0.25) is 0 Å². The van der Waals surface area contributed by atoms with Gasteiger partial charge in [0.2, 0.25) is 0 Å². The summed E-state index contributed by atoms with van der Waals surface area (Å²) in [6.07, 6.45) is -5.30. The van der Waals surface area contributed by atoms with Gasteiger partial charge in [-0.1, -0.05) is 6.07 Å². The van der Waals surface area contributed by atoms with Crippen molar-refractivity contribution in [3.63, 3.8) is 0 Å². The van der Waals surface area contributed by atoms with E-state index >= 15 is 0 Å². The Hall–Kier alpha value is -2.55. The largest absolute Gasteiger partial charge is 0.494 e. The van der Waals surface area contributed by atoms with Crippen LogP contribution in [0.5, 0.6) is 5.75 Å². The number of rotatable bonds is 4. The molecule has 2 heterocycles. The number of aliphatic hydroxyl groups is 1. The molecule has 0 aliphatic carbocycles. The summed E-state index contributed by atoms with van der Waals surface area (Å²) in [5.74, 6) is -0.0830. The fraction of sp³-hybridized carbons (Fsp3) is 0.444. The average molecular weight is 383 g/mol. The minimum Gasteiger partial charge on any atom is -0.494 e. The molecule has 1 aliphatic rings. The number of aliphatic hydroxyl groups excluding tert-OH is 1. The molecular formula is C18H20F3N3O3. The number of likely N-dealkylation sites (tertiary alicyclic amines) is 1. The molecule has 0 bridgehead atoms. The molecule has 0 unspecified atom stereocenters. The SMILES string of the molecule is COc1ccc(C)cc1-n1ccc(C(=O)N2CCC[C@H]2[C@@H](O)C(F)(F)F)n1. The van der Waals surface area contributed by atoms with Gasteiger partial charge in [-0.3, -0.25) is 4.79 Å². The Labute approximate surface area is 154 Å². The molecule has 1 aromatic heterocycles. The molecule has 1 fully saturated rings. The van der Waals surface area contributed by atoms with E-state index in [1.165, 1.54) is 17.9 Å². The van der Waals surface area contributed by atoms with E-state index in [0.717, 1.165) is 10.5 Å². The van der Waals surface area contributed by atoms with Crippen LogP contribution in [-0.4, -0.2) is 57.7 Å². The van der Waals surface area contributed by atoms with Crippen molar-refractivity contribution in [1.29, 1.82) is 0 Å². The smallest absolute Gasteiger partial charge is 0.416 e. The average Bonchev–Trinajstić information content (AvgIpc) is 3.29. The maximum atomic E-state index is 12.9. The molecule has 0 spiro atoms. The third-order valence-electron chi connectivity index (χ3n) is 4.65. The molecule has 3 rings (SSSR count). The third-order valence-corrected chi connectivity index (χ3v) is 4.65. The number of aromatic nitrogens is 2. The standard InChI is InChI=1S/C18H20F3N3O3/c1-11-5-6-15(27-2)14(10-11)24-9-7-12(22-24)17(26)23-8-3-4-13(23)16(25)18(19,20)21/h5-7,9-10,13,16,25H,3-4,8H2,1-2H3/t13-,16+/m0/s1. The van der Waals surface area contributed by atoms with Crippen LogP contribution in [0.1, 0.15) is 28.9 Å². The maximum Gasteiger partial charge on any atom is 0.416 e. The Morgan fingerprint density at radius 3 is 2.78 bits per heavy atom. The summed E-state index contributed by atoms with van der Waals surface area (Å²) in [7, 11) is 1.51. The van der Waals surface area contributed by atoms with Crippen LogP contribution in [0.3, 0.4) is 0 Å². The number of carbonyl (C=O) groups is 1. The monoisotopic (exact) mass is 383 g/mol. The summed E-state index contributed by atoms with van der Waals surface area (Å²) < 4.78 is 45.3. The first-order valence-corrected chi connectivity index (χ1v) is 8.49. The van der Waals surface area contributed by atoms with Crippen LogP contribution in [0, 0.1) is 6.92 Å². The first kappa shape index (κ1) is 19.2. The van der Waals surface area contributed by atoms with E-state index in [4.69, 9.17) is 4.74 Å². The number of hydrogen-bond acceptors (Lipinski definition) is 4. The van der Waals surface area contributed by atoms with Crippen molar-refractivity contribution in [3.05, 3.63) is 41.7 Å². The molecule has 1 aliphatic heterocycles. The van der Waals surface area contributed by atoms with E-state index in [0.29, 0.717) is 17.9 Å². The molecule has 27 heavy (non-hydrogen) atoms. The molecule has 2 atom stereocenters. The number of hydrogen-bond donors (Lipinski definition) is 1. The van der Waals surface area contributed by atoms with Gasteiger partial charge in [-0.05, 0) is 43.5 Å². The Morgan fingerprint density at radius 2 is 2.11 bits per heavy atom. The van der Waals surface area contributed by atoms with E-state index in [1.807, 2.05) is 19.1 Å². The topological polar surface area (TPSA) is 67.6 Å². The Kier molecular flexibility index (Phi) is 5.14. The summed E-state index contributed by atoms with van der Waals surface area (Å²) in [5.41, 5.74) is 1.59. The van der Waals surface area contributed by atoms with Crippen LogP contribution in [0.4, 0.5) is 13.2 Å². The van der Waals surface area contributed by atoms with Gasteiger partial charge in [-0.2, -0.15) is 18.3 Å². The molecule has 6 nitrogen and oxygen atoms in total. The quantitative estimate of drug-likeness (QED) is 0.882. The number of halogens is 3. The van der Waals surface area contributed by atoms with Crippen LogP contribution in [0.25, 0.3) is 5.69 Å². The van der Waals surface area contributed by atoms with Crippen LogP contribution >= 0.6 is 0 Å². The number of carbonyl (C=O) groups excluding carboxylic acids is 1. The third kappa shape index (κ3) is 3.78. The normalized spacial score (nSPS) is 18.6. The molecular weight excluding hydrogens is 363 g/mol. The van der Waals surface area contributed by atoms with E-state index in [1.54, 1.807) is 12.3 Å². The van der Waals surface area contributed by atoms with Crippen molar-refractivity contribution >= 4 is 5.91 Å². The number of ether oxygens (including phenoxy) is 1. The summed E-state index contributed by atoms with van der Waals surface area (Å²) in [5, 5.41) is 13.8. The first-order chi connectivity index (χ1) is 12.7. The second-order valence-electron chi connectivity index (χ2n) is 6.52. The molecule has 0 saturated carbocycles. The number of aryl methyl sites for hydroxylation is 1. The Balaban J connectivity index is 1.86. The molecule has 1 N–H and O–H groups in total. The maximum absolute atomic E-state index is 12.9. The van der Waals surface area contributed by atoms with Gasteiger partial charge in [-0.25, -0.2) is 4.68 Å². The van der Waals surface area contributed by atoms with Gasteiger partial charge < -0.3 is 14.7 Å². The number of amides is 1. The van der Waals surface area contributed by atoms with E-state index < -0.39 is 24.2 Å². The zero-order valence-electron chi connectivity index (χ0n) is 14.9. The van der Waals surface area contributed by atoms with Gasteiger partial charge in [0.05, 0.1) is 13.2 Å². The lowest BCUT2D eigenvalue weighted by Gasteiger charge is -2.29. The lowest BCUT2D eigenvalue weighted by molar-refractivity contribution is -0.216. The molecule has 146 valence electrons. The number of alkyl halides is 3. The highest BCUT2D eigenvalue weighted by molar-refractivity contribution is 5.92. The molecule has 0 radical (unpaired) electrons. The summed E-state index contributed by atoms with van der Waals surface area (Å²) in [4.78, 5) is 13.7. The number of methoxy groups -OCH3 is 1. The second kappa shape index (κ2) is 7.22. The minimum absolute atomic E-state index is 0.0137. The number of benzene rings is 1. The summed E-state index contributed by atoms with van der Waals surface area (Å²) in [6.45, 7) is 2.04. The van der Waals surface area contributed by atoms with Crippen LogP contribution in [-0.2, 0) is 0 Å². The van der Waals surface area contributed by atoms with Crippen molar-refractivity contribution in [3.8, 4) is 11.4 Å². The zero-order chi connectivity index (χ0) is 19.8. The van der Waals surface area contributed by atoms with Gasteiger partial charge in [0, 0.05) is 12.7 Å². The minimum atomic E-state index is -4.78. The number of nitrogens with zero attached hydrogens (tertiary/aromatic N) is 3. The summed E-state index contributed by atoms with van der Waals surface area (Å²) in [6, 6.07) is 5.61. The van der Waals surface area contributed by atoms with Crippen LogP contribution in [0.15, 0.2) is 30.5 Å². The van der Waals surface area contributed by atoms with E-state index in [2.05, 4.69) is 5.10 Å². The predicted octanol–water partition coefficient (Wildman–Crippen LogP) is 2.72. The fourth-order valence-electron chi connectivity index (χ4n) is 3.29. The van der Waals surface area contributed by atoms with E-state index in [-0.39, 0.29) is 18.7 Å². The molecule has 1 saturated heterocycles. The lowest BCUT2D eigenvalue weighted by atomic mass is 10.1. The highest BCUT2D eigenvalue weighted by atomic mass is 19.4. The highest BCUT2D eigenvalue weighted by Crippen LogP contribution is 2.31. The predicted molar refractivity (Wildman–Crippen MR) is 91.0 cm³/mol. The van der Waals surface area contributed by atoms with Crippen molar-refractivity contribution in [2.24, 2.45) is 0 Å². The second-order valence-corrected chi connectivity index (χ2v) is 6.52. The molecule has 2 aromatic rings. The van der Waals surface area contributed by atoms with Crippen molar-refractivity contribution in [2.45, 2.75) is 38.1 Å². The van der Waals surface area contributed by atoms with Crippen molar-refractivity contribution in [1.82, 2.24) is 14.7 Å². The summed E-state index contributed by atoms with van der Waals surface area (Å²) >= 11 is 0. The van der Waals surface area contributed by atoms with Crippen molar-refractivity contribution < 1.29 is 27.8 Å². The fourth-order valence-corrected chi connectivity index (χ4v) is 3.29. The molecule has 1 amide bonds.